The molecule has 0 aliphatic carbocycles. The molecule has 1 saturated heterocycles. The molecule has 17 heavy (non-hydrogen) atoms. The SMILES string of the molecule is CCNC(c1cnc(C)cn1)C1CCOCC1. The van der Waals surface area contributed by atoms with Crippen LogP contribution in [-0.2, 0) is 4.74 Å². The minimum atomic E-state index is 0.317. The van der Waals surface area contributed by atoms with Crippen LogP contribution in [0.1, 0.15) is 37.2 Å². The molecular weight excluding hydrogens is 214 g/mol. The lowest BCUT2D eigenvalue weighted by atomic mass is 9.90. The first-order chi connectivity index (χ1) is 8.31. The van der Waals surface area contributed by atoms with Crippen LogP contribution in [0.15, 0.2) is 12.4 Å². The Bertz CT molecular complexity index is 333. The highest BCUT2D eigenvalue weighted by molar-refractivity contribution is 5.07. The van der Waals surface area contributed by atoms with Gasteiger partial charge in [-0.15, -0.1) is 0 Å². The zero-order chi connectivity index (χ0) is 12.1. The molecule has 1 N–H and O–H groups in total. The minimum Gasteiger partial charge on any atom is -0.381 e. The predicted molar refractivity (Wildman–Crippen MR) is 66.7 cm³/mol. The summed E-state index contributed by atoms with van der Waals surface area (Å²) >= 11 is 0. The third-order valence-corrected chi connectivity index (χ3v) is 3.28. The molecule has 1 aliphatic heterocycles. The van der Waals surface area contributed by atoms with Gasteiger partial charge in [0.15, 0.2) is 0 Å². The van der Waals surface area contributed by atoms with Crippen LogP contribution in [0.3, 0.4) is 0 Å². The molecule has 1 aromatic heterocycles. The monoisotopic (exact) mass is 235 g/mol. The molecule has 4 nitrogen and oxygen atoms in total. The molecule has 1 aromatic rings. The lowest BCUT2D eigenvalue weighted by Gasteiger charge is -2.30. The van der Waals surface area contributed by atoms with Gasteiger partial charge in [-0.25, -0.2) is 0 Å². The fraction of sp³-hybridized carbons (Fsp3) is 0.692. The molecule has 0 spiro atoms. The molecule has 4 heteroatoms. The standard InChI is InChI=1S/C13H21N3O/c1-3-14-13(11-4-6-17-7-5-11)12-9-15-10(2)8-16-12/h8-9,11,13-14H,3-7H2,1-2H3. The van der Waals surface area contributed by atoms with Crippen molar-refractivity contribution in [1.82, 2.24) is 15.3 Å². The molecule has 0 radical (unpaired) electrons. The Kier molecular flexibility index (Phi) is 4.45. The summed E-state index contributed by atoms with van der Waals surface area (Å²) in [6, 6.07) is 0.317. The summed E-state index contributed by atoms with van der Waals surface area (Å²) < 4.78 is 5.42. The van der Waals surface area contributed by atoms with Gasteiger partial charge in [-0.3, -0.25) is 9.97 Å². The number of nitrogens with one attached hydrogen (secondary N) is 1. The fourth-order valence-electron chi connectivity index (χ4n) is 2.34. The smallest absolute Gasteiger partial charge is 0.0759 e. The zero-order valence-electron chi connectivity index (χ0n) is 10.6. The first-order valence-electron chi connectivity index (χ1n) is 6.41. The number of hydrogen-bond donors (Lipinski definition) is 1. The molecule has 1 atom stereocenters. The summed E-state index contributed by atoms with van der Waals surface area (Å²) in [4.78, 5) is 8.85. The lowest BCUT2D eigenvalue weighted by molar-refractivity contribution is 0.0532. The largest absolute Gasteiger partial charge is 0.381 e. The van der Waals surface area contributed by atoms with Crippen molar-refractivity contribution >= 4 is 0 Å². The Balaban J connectivity index is 2.12. The molecule has 94 valence electrons. The van der Waals surface area contributed by atoms with Crippen LogP contribution in [0.25, 0.3) is 0 Å². The maximum Gasteiger partial charge on any atom is 0.0759 e. The molecule has 0 saturated carbocycles. The number of ether oxygens (including phenoxy) is 1. The van der Waals surface area contributed by atoms with Gasteiger partial charge in [-0.05, 0) is 32.2 Å². The number of rotatable bonds is 4. The molecule has 2 heterocycles. The van der Waals surface area contributed by atoms with Crippen molar-refractivity contribution in [3.05, 3.63) is 23.8 Å². The summed E-state index contributed by atoms with van der Waals surface area (Å²) in [6.45, 7) is 6.79. The molecule has 1 fully saturated rings. The van der Waals surface area contributed by atoms with Crippen LogP contribution >= 0.6 is 0 Å². The van der Waals surface area contributed by atoms with E-state index in [0.717, 1.165) is 44.0 Å². The van der Waals surface area contributed by atoms with Crippen LogP contribution in [0, 0.1) is 12.8 Å². The van der Waals surface area contributed by atoms with Crippen LogP contribution in [0.4, 0.5) is 0 Å². The van der Waals surface area contributed by atoms with Gasteiger partial charge >= 0.3 is 0 Å². The van der Waals surface area contributed by atoms with Crippen LogP contribution in [-0.4, -0.2) is 29.7 Å². The number of nitrogens with zero attached hydrogens (tertiary/aromatic N) is 2. The topological polar surface area (TPSA) is 47.0 Å². The average Bonchev–Trinajstić information content (AvgIpc) is 2.38. The van der Waals surface area contributed by atoms with E-state index in [4.69, 9.17) is 4.74 Å². The summed E-state index contributed by atoms with van der Waals surface area (Å²) in [5.41, 5.74) is 2.03. The second kappa shape index (κ2) is 6.07. The van der Waals surface area contributed by atoms with Crippen LogP contribution in [0.5, 0.6) is 0 Å². The molecule has 0 aromatic carbocycles. The van der Waals surface area contributed by atoms with E-state index < -0.39 is 0 Å². The second-order valence-corrected chi connectivity index (χ2v) is 4.57. The van der Waals surface area contributed by atoms with Gasteiger partial charge < -0.3 is 10.1 Å². The predicted octanol–water partition coefficient (Wildman–Crippen LogP) is 1.86. The van der Waals surface area contributed by atoms with Crippen molar-refractivity contribution in [2.45, 2.75) is 32.7 Å². The molecule has 0 amide bonds. The van der Waals surface area contributed by atoms with E-state index in [0.29, 0.717) is 12.0 Å². The first kappa shape index (κ1) is 12.5. The van der Waals surface area contributed by atoms with E-state index in [9.17, 15) is 0 Å². The highest BCUT2D eigenvalue weighted by atomic mass is 16.5. The molecule has 1 unspecified atom stereocenters. The van der Waals surface area contributed by atoms with Gasteiger partial charge in [0.2, 0.25) is 0 Å². The Morgan fingerprint density at radius 3 is 2.71 bits per heavy atom. The Labute approximate surface area is 103 Å². The third-order valence-electron chi connectivity index (χ3n) is 3.28. The van der Waals surface area contributed by atoms with Crippen molar-refractivity contribution in [2.75, 3.05) is 19.8 Å². The van der Waals surface area contributed by atoms with Gasteiger partial charge in [0.05, 0.1) is 23.6 Å². The third kappa shape index (κ3) is 3.23. The summed E-state index contributed by atoms with van der Waals surface area (Å²) in [5.74, 6) is 0.612. The summed E-state index contributed by atoms with van der Waals surface area (Å²) in [6.07, 6.45) is 5.96. The normalized spacial score (nSPS) is 19.2. The van der Waals surface area contributed by atoms with E-state index in [1.54, 1.807) is 0 Å². The van der Waals surface area contributed by atoms with Crippen molar-refractivity contribution in [3.63, 3.8) is 0 Å². The minimum absolute atomic E-state index is 0.317. The van der Waals surface area contributed by atoms with E-state index in [-0.39, 0.29) is 0 Å². The lowest BCUT2D eigenvalue weighted by Crippen LogP contribution is -2.32. The molecule has 0 bridgehead atoms. The van der Waals surface area contributed by atoms with Gasteiger partial charge in [0, 0.05) is 19.4 Å². The summed E-state index contributed by atoms with van der Waals surface area (Å²) in [5, 5.41) is 3.53. The maximum absolute atomic E-state index is 5.42. The maximum atomic E-state index is 5.42. The number of aromatic nitrogens is 2. The van der Waals surface area contributed by atoms with Crippen molar-refractivity contribution in [1.29, 1.82) is 0 Å². The van der Waals surface area contributed by atoms with Gasteiger partial charge in [-0.1, -0.05) is 6.92 Å². The first-order valence-corrected chi connectivity index (χ1v) is 6.41. The Morgan fingerprint density at radius 1 is 1.35 bits per heavy atom. The average molecular weight is 235 g/mol. The van der Waals surface area contributed by atoms with Crippen LogP contribution in [0.2, 0.25) is 0 Å². The number of aryl methyl sites for hydroxylation is 1. The molecular formula is C13H21N3O. The van der Waals surface area contributed by atoms with E-state index >= 15 is 0 Å². The Hall–Kier alpha value is -1.00. The second-order valence-electron chi connectivity index (χ2n) is 4.57. The van der Waals surface area contributed by atoms with E-state index in [2.05, 4.69) is 22.2 Å². The van der Waals surface area contributed by atoms with Gasteiger partial charge in [-0.2, -0.15) is 0 Å². The van der Waals surface area contributed by atoms with Gasteiger partial charge in [0.25, 0.3) is 0 Å². The molecule has 1 aliphatic rings. The van der Waals surface area contributed by atoms with Gasteiger partial charge in [0.1, 0.15) is 0 Å². The number of hydrogen-bond acceptors (Lipinski definition) is 4. The summed E-state index contributed by atoms with van der Waals surface area (Å²) in [7, 11) is 0. The van der Waals surface area contributed by atoms with Crippen molar-refractivity contribution < 1.29 is 4.74 Å². The van der Waals surface area contributed by atoms with E-state index in [1.807, 2.05) is 19.3 Å². The Morgan fingerprint density at radius 2 is 2.12 bits per heavy atom. The fourth-order valence-corrected chi connectivity index (χ4v) is 2.34. The highest BCUT2D eigenvalue weighted by Crippen LogP contribution is 2.28. The van der Waals surface area contributed by atoms with Crippen molar-refractivity contribution in [2.24, 2.45) is 5.92 Å². The quantitative estimate of drug-likeness (QED) is 0.865. The zero-order valence-corrected chi connectivity index (χ0v) is 10.6. The highest BCUT2D eigenvalue weighted by Gasteiger charge is 2.25. The van der Waals surface area contributed by atoms with Crippen molar-refractivity contribution in [3.8, 4) is 0 Å². The van der Waals surface area contributed by atoms with E-state index in [1.165, 1.54) is 0 Å². The van der Waals surface area contributed by atoms with Crippen LogP contribution < -0.4 is 5.32 Å². The molecule has 2 rings (SSSR count).